The molecular formula is C22H28N4O4. The number of carbonyl (C=O) groups is 1. The average molecular weight is 412 g/mol. The first-order chi connectivity index (χ1) is 14.7. The predicted molar refractivity (Wildman–Crippen MR) is 112 cm³/mol. The average Bonchev–Trinajstić information content (AvgIpc) is 3.46. The maximum atomic E-state index is 9.56. The van der Waals surface area contributed by atoms with Gasteiger partial charge in [0.2, 0.25) is 0 Å². The zero-order valence-corrected chi connectivity index (χ0v) is 17.1. The zero-order chi connectivity index (χ0) is 21.3. The number of methoxy groups -OCH3 is 1. The Kier molecular flexibility index (Phi) is 7.62. The molecule has 0 amide bonds. The van der Waals surface area contributed by atoms with Crippen molar-refractivity contribution in [2.45, 2.75) is 38.3 Å². The molecule has 0 radical (unpaired) electrons. The van der Waals surface area contributed by atoms with E-state index in [2.05, 4.69) is 33.0 Å². The zero-order valence-electron chi connectivity index (χ0n) is 17.1. The number of benzene rings is 1. The minimum absolute atomic E-state index is 0.250. The smallest absolute Gasteiger partial charge is 0.290 e. The molecule has 1 aliphatic carbocycles. The van der Waals surface area contributed by atoms with E-state index in [4.69, 9.17) is 14.6 Å². The van der Waals surface area contributed by atoms with E-state index in [-0.39, 0.29) is 13.1 Å². The number of hydrogen-bond donors (Lipinski definition) is 2. The Labute approximate surface area is 175 Å². The van der Waals surface area contributed by atoms with Crippen molar-refractivity contribution in [2.75, 3.05) is 13.7 Å². The van der Waals surface area contributed by atoms with Crippen molar-refractivity contribution in [3.05, 3.63) is 54.6 Å². The van der Waals surface area contributed by atoms with Crippen LogP contribution in [0.5, 0.6) is 5.75 Å². The molecule has 2 atom stereocenters. The van der Waals surface area contributed by atoms with Crippen LogP contribution in [0.2, 0.25) is 0 Å². The topological polar surface area (TPSA) is 102 Å². The minimum atomic E-state index is -0.250. The summed E-state index contributed by atoms with van der Waals surface area (Å²) >= 11 is 0. The molecule has 4 rings (SSSR count). The van der Waals surface area contributed by atoms with Crippen LogP contribution in [0.4, 0.5) is 0 Å². The fourth-order valence-corrected chi connectivity index (χ4v) is 4.12. The predicted octanol–water partition coefficient (Wildman–Crippen LogP) is 3.23. The normalized spacial score (nSPS) is 18.3. The van der Waals surface area contributed by atoms with Crippen LogP contribution in [0.25, 0.3) is 11.4 Å². The molecule has 30 heavy (non-hydrogen) atoms. The van der Waals surface area contributed by atoms with Crippen molar-refractivity contribution in [3.63, 3.8) is 0 Å². The summed E-state index contributed by atoms with van der Waals surface area (Å²) in [4.78, 5) is 13.0. The number of nitrogens with zero attached hydrogens (tertiary/aromatic N) is 4. The molecule has 8 nitrogen and oxygen atoms in total. The van der Waals surface area contributed by atoms with Crippen molar-refractivity contribution in [3.8, 4) is 17.1 Å². The first-order valence-electron chi connectivity index (χ1n) is 10.1. The highest BCUT2D eigenvalue weighted by molar-refractivity contribution is 5.59. The first-order valence-corrected chi connectivity index (χ1v) is 10.1. The van der Waals surface area contributed by atoms with Gasteiger partial charge in [-0.15, -0.1) is 0 Å². The highest BCUT2D eigenvalue weighted by Crippen LogP contribution is 2.35. The number of ether oxygens (including phenoxy) is 1. The number of imidazole rings is 1. The lowest BCUT2D eigenvalue weighted by Gasteiger charge is -2.30. The largest absolute Gasteiger partial charge is 0.496 e. The third kappa shape index (κ3) is 5.07. The number of aliphatic hydroxyl groups excluding tert-OH is 1. The molecule has 1 aliphatic rings. The fourth-order valence-electron chi connectivity index (χ4n) is 4.12. The van der Waals surface area contributed by atoms with Crippen molar-refractivity contribution >= 4 is 6.47 Å². The van der Waals surface area contributed by atoms with E-state index in [9.17, 15) is 5.11 Å². The summed E-state index contributed by atoms with van der Waals surface area (Å²) in [6, 6.07) is 8.53. The molecule has 0 saturated heterocycles. The highest BCUT2D eigenvalue weighted by atomic mass is 16.5. The Morgan fingerprint density at radius 3 is 2.80 bits per heavy atom. The van der Waals surface area contributed by atoms with E-state index in [1.807, 2.05) is 29.2 Å². The summed E-state index contributed by atoms with van der Waals surface area (Å²) in [7, 11) is 1.69. The number of aromatic nitrogens is 4. The maximum Gasteiger partial charge on any atom is 0.290 e. The molecule has 1 fully saturated rings. The van der Waals surface area contributed by atoms with Crippen molar-refractivity contribution in [2.24, 2.45) is 5.92 Å². The summed E-state index contributed by atoms with van der Waals surface area (Å²) < 4.78 is 9.71. The third-order valence-electron chi connectivity index (χ3n) is 5.51. The van der Waals surface area contributed by atoms with Crippen molar-refractivity contribution in [1.82, 2.24) is 19.3 Å². The first kappa shape index (κ1) is 21.6. The van der Waals surface area contributed by atoms with E-state index in [1.165, 1.54) is 0 Å². The Bertz CT molecular complexity index is 923. The van der Waals surface area contributed by atoms with E-state index in [1.54, 1.807) is 13.3 Å². The number of carboxylic acid groups (broad SMARTS) is 1. The molecule has 1 aromatic carbocycles. The molecule has 160 valence electrons. The molecule has 0 bridgehead atoms. The number of aliphatic hydroxyl groups is 1. The monoisotopic (exact) mass is 412 g/mol. The summed E-state index contributed by atoms with van der Waals surface area (Å²) in [5.41, 5.74) is 2.15. The van der Waals surface area contributed by atoms with Crippen LogP contribution in [-0.2, 0) is 11.3 Å². The molecular weight excluding hydrogens is 384 g/mol. The Hall–Kier alpha value is -3.13. The lowest BCUT2D eigenvalue weighted by Crippen LogP contribution is -2.21. The summed E-state index contributed by atoms with van der Waals surface area (Å²) in [6.07, 6.45) is 12.1. The van der Waals surface area contributed by atoms with Crippen LogP contribution >= 0.6 is 0 Å². The van der Waals surface area contributed by atoms with E-state index < -0.39 is 0 Å². The van der Waals surface area contributed by atoms with Crippen LogP contribution in [0.15, 0.2) is 49.1 Å². The van der Waals surface area contributed by atoms with Crippen LogP contribution < -0.4 is 4.74 Å². The number of rotatable bonds is 6. The third-order valence-corrected chi connectivity index (χ3v) is 5.51. The molecule has 8 heteroatoms. The quantitative estimate of drug-likeness (QED) is 0.603. The van der Waals surface area contributed by atoms with E-state index >= 15 is 0 Å². The second-order valence-electron chi connectivity index (χ2n) is 7.36. The van der Waals surface area contributed by atoms with E-state index in [0.717, 1.165) is 48.4 Å². The fraction of sp³-hybridized carbons (Fsp3) is 0.409. The van der Waals surface area contributed by atoms with Crippen molar-refractivity contribution in [1.29, 1.82) is 0 Å². The van der Waals surface area contributed by atoms with Gasteiger partial charge >= 0.3 is 0 Å². The molecule has 1 saturated carbocycles. The second kappa shape index (κ2) is 10.6. The van der Waals surface area contributed by atoms with Crippen LogP contribution in [0.3, 0.4) is 0 Å². The molecule has 0 unspecified atom stereocenters. The SMILES string of the molecule is COc1ccc(-c2nccn2[C@@H]2CCC[C@@H](CO)C2)cc1Cn1cccn1.O=CO. The van der Waals surface area contributed by atoms with Gasteiger partial charge < -0.3 is 19.5 Å². The Morgan fingerprint density at radius 1 is 1.27 bits per heavy atom. The van der Waals surface area contributed by atoms with Gasteiger partial charge in [-0.1, -0.05) is 6.42 Å². The maximum absolute atomic E-state index is 9.56. The molecule has 2 N–H and O–H groups in total. The van der Waals surface area contributed by atoms with E-state index in [0.29, 0.717) is 18.5 Å². The summed E-state index contributed by atoms with van der Waals surface area (Å²) in [5, 5.41) is 20.8. The standard InChI is InChI=1S/C21H26N4O2.CH2O2/c1-27-20-7-6-17(13-18(20)14-24-10-3-8-23-24)21-22-9-11-25(21)19-5-2-4-16(12-19)15-26;2-1-3/h3,6-11,13,16,19,26H,2,4-5,12,14-15H2,1H3;1H,(H,2,3)/t16-,19-;/m1./s1. The van der Waals surface area contributed by atoms with Crippen molar-refractivity contribution < 1.29 is 19.7 Å². The molecule has 2 aromatic heterocycles. The van der Waals surface area contributed by atoms with Crippen LogP contribution in [-0.4, -0.2) is 49.7 Å². The van der Waals surface area contributed by atoms with Gasteiger partial charge in [0.25, 0.3) is 6.47 Å². The molecule has 0 spiro atoms. The Morgan fingerprint density at radius 2 is 2.10 bits per heavy atom. The lowest BCUT2D eigenvalue weighted by atomic mass is 9.86. The number of hydrogen-bond acceptors (Lipinski definition) is 5. The van der Waals surface area contributed by atoms with Gasteiger partial charge in [-0.3, -0.25) is 9.48 Å². The van der Waals surface area contributed by atoms with Gasteiger partial charge in [-0.25, -0.2) is 4.98 Å². The second-order valence-corrected chi connectivity index (χ2v) is 7.36. The van der Waals surface area contributed by atoms with Gasteiger partial charge in [0.15, 0.2) is 0 Å². The Balaban J connectivity index is 0.000000806. The van der Waals surface area contributed by atoms with Crippen LogP contribution in [0.1, 0.15) is 37.3 Å². The molecule has 2 heterocycles. The van der Waals surface area contributed by atoms with Crippen LogP contribution in [0, 0.1) is 5.92 Å². The highest BCUT2D eigenvalue weighted by Gasteiger charge is 2.24. The molecule has 3 aromatic rings. The van der Waals surface area contributed by atoms with Gasteiger partial charge in [0, 0.05) is 48.6 Å². The van der Waals surface area contributed by atoms with Gasteiger partial charge in [-0.05, 0) is 49.4 Å². The minimum Gasteiger partial charge on any atom is -0.496 e. The van der Waals surface area contributed by atoms with Gasteiger partial charge in [0.1, 0.15) is 11.6 Å². The molecule has 0 aliphatic heterocycles. The van der Waals surface area contributed by atoms with Gasteiger partial charge in [-0.2, -0.15) is 5.10 Å². The summed E-state index contributed by atoms with van der Waals surface area (Å²) in [6.45, 7) is 0.678. The lowest BCUT2D eigenvalue weighted by molar-refractivity contribution is -0.122. The van der Waals surface area contributed by atoms with Gasteiger partial charge in [0.05, 0.1) is 13.7 Å². The summed E-state index contributed by atoms with van der Waals surface area (Å²) in [5.74, 6) is 2.22.